The number of benzene rings is 2. The minimum Gasteiger partial charge on any atom is -0.318 e. The molecule has 0 aliphatic heterocycles. The van der Waals surface area contributed by atoms with Crippen molar-refractivity contribution in [3.8, 4) is 5.69 Å². The van der Waals surface area contributed by atoms with Crippen molar-refractivity contribution in [3.05, 3.63) is 88.7 Å². The molecule has 0 bridgehead atoms. The molecule has 0 spiro atoms. The van der Waals surface area contributed by atoms with Gasteiger partial charge in [-0.05, 0) is 48.6 Å². The van der Waals surface area contributed by atoms with Gasteiger partial charge in [-0.2, -0.15) is 5.10 Å². The standard InChI is InChI=1S/C25H29N3O/c1-18-15-21(19(2)28(18)23-9-7-6-8-10-23)17-26-27-24(29)16-20-11-13-22(14-12-20)25(3,4)5/h6-15,17H,16H2,1-5H3,(H,27,29)/b26-17-. The number of nitrogens with zero attached hydrogens (tertiary/aromatic N) is 2. The third-order valence-corrected chi connectivity index (χ3v) is 5.06. The minimum atomic E-state index is -0.123. The number of hydrogen-bond donors (Lipinski definition) is 1. The highest BCUT2D eigenvalue weighted by molar-refractivity contribution is 5.84. The second kappa shape index (κ2) is 8.48. The Balaban J connectivity index is 1.64. The molecule has 3 rings (SSSR count). The van der Waals surface area contributed by atoms with Crippen molar-refractivity contribution >= 4 is 12.1 Å². The van der Waals surface area contributed by atoms with E-state index in [2.05, 4.69) is 80.0 Å². The van der Waals surface area contributed by atoms with E-state index in [1.165, 1.54) is 5.56 Å². The van der Waals surface area contributed by atoms with Crippen molar-refractivity contribution in [3.63, 3.8) is 0 Å². The molecule has 29 heavy (non-hydrogen) atoms. The predicted octanol–water partition coefficient (Wildman–Crippen LogP) is 5.08. The fraction of sp³-hybridized carbons (Fsp3) is 0.280. The highest BCUT2D eigenvalue weighted by Crippen LogP contribution is 2.22. The Morgan fingerprint density at radius 3 is 2.31 bits per heavy atom. The van der Waals surface area contributed by atoms with Gasteiger partial charge in [0.2, 0.25) is 5.91 Å². The molecule has 1 amide bonds. The Hall–Kier alpha value is -3.14. The first-order valence-electron chi connectivity index (χ1n) is 9.91. The molecular weight excluding hydrogens is 358 g/mol. The van der Waals surface area contributed by atoms with Gasteiger partial charge >= 0.3 is 0 Å². The van der Waals surface area contributed by atoms with Gasteiger partial charge in [0.25, 0.3) is 0 Å². The molecule has 0 aliphatic carbocycles. The highest BCUT2D eigenvalue weighted by atomic mass is 16.2. The molecule has 0 unspecified atom stereocenters. The zero-order chi connectivity index (χ0) is 21.0. The van der Waals surface area contributed by atoms with Crippen molar-refractivity contribution in [2.75, 3.05) is 0 Å². The lowest BCUT2D eigenvalue weighted by molar-refractivity contribution is -0.120. The number of rotatable bonds is 5. The molecule has 1 heterocycles. The van der Waals surface area contributed by atoms with Crippen LogP contribution in [0, 0.1) is 13.8 Å². The van der Waals surface area contributed by atoms with E-state index in [0.717, 1.165) is 28.2 Å². The largest absolute Gasteiger partial charge is 0.318 e. The van der Waals surface area contributed by atoms with Crippen LogP contribution >= 0.6 is 0 Å². The first kappa shape index (κ1) is 20.6. The number of carbonyl (C=O) groups is 1. The van der Waals surface area contributed by atoms with E-state index in [-0.39, 0.29) is 11.3 Å². The number of aromatic nitrogens is 1. The number of para-hydroxylation sites is 1. The molecule has 4 nitrogen and oxygen atoms in total. The third kappa shape index (κ3) is 5.02. The fourth-order valence-electron chi connectivity index (χ4n) is 3.41. The van der Waals surface area contributed by atoms with Crippen LogP contribution in [-0.2, 0) is 16.6 Å². The summed E-state index contributed by atoms with van der Waals surface area (Å²) in [7, 11) is 0. The number of carbonyl (C=O) groups excluding carboxylic acids is 1. The Kier molecular flexibility index (Phi) is 6.02. The van der Waals surface area contributed by atoms with E-state index >= 15 is 0 Å². The molecule has 1 N–H and O–H groups in total. The molecule has 0 fully saturated rings. The van der Waals surface area contributed by atoms with Crippen molar-refractivity contribution in [2.45, 2.75) is 46.5 Å². The molecule has 2 aromatic carbocycles. The smallest absolute Gasteiger partial charge is 0.244 e. The lowest BCUT2D eigenvalue weighted by atomic mass is 9.86. The first-order chi connectivity index (χ1) is 13.8. The summed E-state index contributed by atoms with van der Waals surface area (Å²) in [4.78, 5) is 12.2. The number of aryl methyl sites for hydroxylation is 1. The van der Waals surface area contributed by atoms with Crippen molar-refractivity contribution in [1.29, 1.82) is 0 Å². The first-order valence-corrected chi connectivity index (χ1v) is 9.91. The minimum absolute atomic E-state index is 0.108. The van der Waals surface area contributed by atoms with E-state index in [0.29, 0.717) is 6.42 Å². The summed E-state index contributed by atoms with van der Waals surface area (Å²) in [5.41, 5.74) is 9.30. The van der Waals surface area contributed by atoms with Crippen LogP contribution in [-0.4, -0.2) is 16.7 Å². The molecular formula is C25H29N3O. The van der Waals surface area contributed by atoms with Crippen LogP contribution in [0.15, 0.2) is 65.8 Å². The highest BCUT2D eigenvalue weighted by Gasteiger charge is 2.13. The average molecular weight is 388 g/mol. The van der Waals surface area contributed by atoms with Crippen LogP contribution in [0.3, 0.4) is 0 Å². The summed E-state index contributed by atoms with van der Waals surface area (Å²) >= 11 is 0. The lowest BCUT2D eigenvalue weighted by Crippen LogP contribution is -2.20. The Morgan fingerprint density at radius 1 is 1.03 bits per heavy atom. The molecule has 0 saturated heterocycles. The average Bonchev–Trinajstić information content (AvgIpc) is 2.95. The van der Waals surface area contributed by atoms with E-state index < -0.39 is 0 Å². The zero-order valence-electron chi connectivity index (χ0n) is 17.9. The van der Waals surface area contributed by atoms with Gasteiger partial charge in [0, 0.05) is 22.6 Å². The van der Waals surface area contributed by atoms with E-state index in [4.69, 9.17) is 0 Å². The third-order valence-electron chi connectivity index (χ3n) is 5.06. The summed E-state index contributed by atoms with van der Waals surface area (Å²) in [5, 5.41) is 4.17. The summed E-state index contributed by atoms with van der Waals surface area (Å²) in [6.07, 6.45) is 2.02. The Labute approximate surface area is 173 Å². The maximum atomic E-state index is 12.2. The van der Waals surface area contributed by atoms with Gasteiger partial charge in [-0.3, -0.25) is 4.79 Å². The van der Waals surface area contributed by atoms with Gasteiger partial charge in [-0.1, -0.05) is 63.2 Å². The van der Waals surface area contributed by atoms with Crippen molar-refractivity contribution < 1.29 is 4.79 Å². The quantitative estimate of drug-likeness (QED) is 0.481. The predicted molar refractivity (Wildman–Crippen MR) is 120 cm³/mol. The number of hydrogen-bond acceptors (Lipinski definition) is 2. The monoisotopic (exact) mass is 387 g/mol. The van der Waals surface area contributed by atoms with Crippen LogP contribution in [0.4, 0.5) is 0 Å². The molecule has 0 saturated carbocycles. The summed E-state index contributed by atoms with van der Waals surface area (Å²) in [5.74, 6) is -0.123. The molecule has 0 aliphatic rings. The zero-order valence-corrected chi connectivity index (χ0v) is 17.9. The van der Waals surface area contributed by atoms with Crippen molar-refractivity contribution in [1.82, 2.24) is 9.99 Å². The normalized spacial score (nSPS) is 11.8. The maximum Gasteiger partial charge on any atom is 0.244 e. The molecule has 3 aromatic rings. The van der Waals surface area contributed by atoms with Crippen LogP contribution in [0.2, 0.25) is 0 Å². The van der Waals surface area contributed by atoms with Gasteiger partial charge in [0.1, 0.15) is 0 Å². The fourth-order valence-corrected chi connectivity index (χ4v) is 3.41. The molecule has 150 valence electrons. The number of hydrazone groups is 1. The van der Waals surface area contributed by atoms with Gasteiger partial charge in [0.15, 0.2) is 0 Å². The SMILES string of the molecule is Cc1cc(/C=N\NC(=O)Cc2ccc(C(C)(C)C)cc2)c(C)n1-c1ccccc1. The second-order valence-electron chi connectivity index (χ2n) is 8.41. The number of amides is 1. The topological polar surface area (TPSA) is 46.4 Å². The van der Waals surface area contributed by atoms with Gasteiger partial charge in [-0.15, -0.1) is 0 Å². The Bertz CT molecular complexity index is 1010. The van der Waals surface area contributed by atoms with Crippen LogP contribution in [0.25, 0.3) is 5.69 Å². The second-order valence-corrected chi connectivity index (χ2v) is 8.41. The maximum absolute atomic E-state index is 12.2. The van der Waals surface area contributed by atoms with Crippen molar-refractivity contribution in [2.24, 2.45) is 5.10 Å². The number of nitrogens with one attached hydrogen (secondary N) is 1. The van der Waals surface area contributed by atoms with E-state index in [1.54, 1.807) is 6.21 Å². The summed E-state index contributed by atoms with van der Waals surface area (Å²) in [6, 6.07) is 20.5. The molecule has 4 heteroatoms. The van der Waals surface area contributed by atoms with E-state index in [9.17, 15) is 4.79 Å². The molecule has 0 radical (unpaired) electrons. The van der Waals surface area contributed by atoms with Crippen LogP contribution < -0.4 is 5.43 Å². The Morgan fingerprint density at radius 2 is 1.69 bits per heavy atom. The van der Waals surface area contributed by atoms with Crippen LogP contribution in [0.1, 0.15) is 48.8 Å². The van der Waals surface area contributed by atoms with Gasteiger partial charge in [0.05, 0.1) is 12.6 Å². The van der Waals surface area contributed by atoms with Crippen LogP contribution in [0.5, 0.6) is 0 Å². The van der Waals surface area contributed by atoms with Gasteiger partial charge < -0.3 is 4.57 Å². The van der Waals surface area contributed by atoms with Gasteiger partial charge in [-0.25, -0.2) is 5.43 Å². The molecule has 0 atom stereocenters. The summed E-state index contributed by atoms with van der Waals surface area (Å²) in [6.45, 7) is 10.7. The lowest BCUT2D eigenvalue weighted by Gasteiger charge is -2.19. The summed E-state index contributed by atoms with van der Waals surface area (Å²) < 4.78 is 2.18. The molecule has 1 aromatic heterocycles. The van der Waals surface area contributed by atoms with E-state index in [1.807, 2.05) is 30.3 Å².